The van der Waals surface area contributed by atoms with E-state index in [9.17, 15) is 4.79 Å². The predicted octanol–water partition coefficient (Wildman–Crippen LogP) is 3.80. The van der Waals surface area contributed by atoms with Gasteiger partial charge in [-0.15, -0.1) is 0 Å². The predicted molar refractivity (Wildman–Crippen MR) is 99.6 cm³/mol. The average molecular weight is 336 g/mol. The molecular weight excluding hydrogens is 312 g/mol. The minimum absolute atomic E-state index is 0.00672. The molecule has 0 saturated carbocycles. The number of amides is 1. The fourth-order valence-corrected chi connectivity index (χ4v) is 3.10. The lowest BCUT2D eigenvalue weighted by atomic mass is 10.0. The molecule has 0 saturated heterocycles. The molecule has 1 N–H and O–H groups in total. The number of fused-ring (bicyclic) bond motifs is 1. The molecule has 0 aliphatic rings. The van der Waals surface area contributed by atoms with E-state index in [1.54, 1.807) is 4.90 Å². The number of carbonyl (C=O) groups excluding carboxylic acids is 1. The van der Waals surface area contributed by atoms with Gasteiger partial charge in [0.2, 0.25) is 0 Å². The summed E-state index contributed by atoms with van der Waals surface area (Å²) in [6.45, 7) is 6.58. The molecular formula is C20H24N4O. The van der Waals surface area contributed by atoms with Crippen molar-refractivity contribution < 1.29 is 4.79 Å². The first-order valence-electron chi connectivity index (χ1n) is 8.65. The molecule has 0 unspecified atom stereocenters. The third-order valence-corrected chi connectivity index (χ3v) is 4.34. The molecule has 0 aliphatic heterocycles. The number of rotatable bonds is 5. The molecule has 0 spiro atoms. The number of pyridine rings is 1. The zero-order chi connectivity index (χ0) is 18.0. The van der Waals surface area contributed by atoms with Crippen LogP contribution in [0.2, 0.25) is 0 Å². The third kappa shape index (κ3) is 3.55. The minimum Gasteiger partial charge on any atom is -0.336 e. The van der Waals surface area contributed by atoms with Crippen LogP contribution in [0.1, 0.15) is 46.3 Å². The van der Waals surface area contributed by atoms with Crippen molar-refractivity contribution in [3.63, 3.8) is 0 Å². The van der Waals surface area contributed by atoms with E-state index in [-0.39, 0.29) is 5.91 Å². The first kappa shape index (κ1) is 17.1. The number of aromatic nitrogens is 3. The van der Waals surface area contributed by atoms with Gasteiger partial charge in [-0.1, -0.05) is 31.5 Å². The molecule has 3 rings (SSSR count). The van der Waals surface area contributed by atoms with Gasteiger partial charge in [-0.2, -0.15) is 5.10 Å². The van der Waals surface area contributed by atoms with E-state index in [1.807, 2.05) is 51.2 Å². The fourth-order valence-electron chi connectivity index (χ4n) is 3.10. The van der Waals surface area contributed by atoms with E-state index >= 15 is 0 Å². The number of carbonyl (C=O) groups is 1. The lowest BCUT2D eigenvalue weighted by Crippen LogP contribution is -2.26. The highest BCUT2D eigenvalue weighted by atomic mass is 16.2. The van der Waals surface area contributed by atoms with E-state index in [0.29, 0.717) is 12.1 Å². The van der Waals surface area contributed by atoms with Crippen LogP contribution in [0.4, 0.5) is 0 Å². The van der Waals surface area contributed by atoms with Crippen molar-refractivity contribution in [2.45, 2.75) is 40.2 Å². The first-order chi connectivity index (χ1) is 12.0. The number of H-pyrrole nitrogens is 1. The Labute approximate surface area is 148 Å². The maximum absolute atomic E-state index is 13.0. The molecule has 0 bridgehead atoms. The molecule has 5 nitrogen and oxygen atoms in total. The highest BCUT2D eigenvalue weighted by molar-refractivity contribution is 6.06. The van der Waals surface area contributed by atoms with E-state index in [2.05, 4.69) is 22.1 Å². The van der Waals surface area contributed by atoms with Crippen LogP contribution in [0, 0.1) is 13.8 Å². The van der Waals surface area contributed by atoms with Gasteiger partial charge in [0.1, 0.15) is 0 Å². The molecule has 2 aromatic heterocycles. The maximum atomic E-state index is 13.0. The van der Waals surface area contributed by atoms with Gasteiger partial charge in [-0.25, -0.2) is 0 Å². The molecule has 0 atom stereocenters. The van der Waals surface area contributed by atoms with Crippen LogP contribution in [0.25, 0.3) is 10.9 Å². The normalized spacial score (nSPS) is 11.0. The van der Waals surface area contributed by atoms with Crippen LogP contribution in [0.5, 0.6) is 0 Å². The van der Waals surface area contributed by atoms with Gasteiger partial charge in [0.05, 0.1) is 29.0 Å². The molecule has 1 aromatic carbocycles. The van der Waals surface area contributed by atoms with Crippen molar-refractivity contribution in [2.75, 3.05) is 7.05 Å². The summed E-state index contributed by atoms with van der Waals surface area (Å²) in [5, 5.41) is 8.22. The minimum atomic E-state index is -0.00672. The van der Waals surface area contributed by atoms with Crippen LogP contribution in [0.15, 0.2) is 30.3 Å². The van der Waals surface area contributed by atoms with Crippen molar-refractivity contribution in [2.24, 2.45) is 0 Å². The van der Waals surface area contributed by atoms with Gasteiger partial charge in [-0.05, 0) is 38.0 Å². The smallest absolute Gasteiger partial charge is 0.254 e. The Bertz CT molecular complexity index is 913. The number of nitrogens with zero attached hydrogens (tertiary/aromatic N) is 3. The number of aryl methyl sites for hydroxylation is 3. The van der Waals surface area contributed by atoms with Gasteiger partial charge in [0.15, 0.2) is 0 Å². The SMILES string of the molecule is CCCc1cc(CN(C)C(=O)c2cc(C)nc3c(C)cccc23)[nH]n1. The van der Waals surface area contributed by atoms with Crippen LogP contribution in [-0.4, -0.2) is 33.0 Å². The second-order valence-electron chi connectivity index (χ2n) is 6.58. The number of aromatic amines is 1. The average Bonchev–Trinajstić information content (AvgIpc) is 3.02. The summed E-state index contributed by atoms with van der Waals surface area (Å²) < 4.78 is 0. The lowest BCUT2D eigenvalue weighted by molar-refractivity contribution is 0.0785. The number of nitrogens with one attached hydrogen (secondary N) is 1. The summed E-state index contributed by atoms with van der Waals surface area (Å²) in [6.07, 6.45) is 2.00. The standard InChI is InChI=1S/C20H24N4O/c1-5-7-15-11-16(23-22-15)12-24(4)20(25)18-10-14(3)21-19-13(2)8-6-9-17(18)19/h6,8-11H,5,7,12H2,1-4H3,(H,22,23). The van der Waals surface area contributed by atoms with E-state index in [1.165, 1.54) is 0 Å². The van der Waals surface area contributed by atoms with Gasteiger partial charge in [0, 0.05) is 18.1 Å². The van der Waals surface area contributed by atoms with Gasteiger partial charge < -0.3 is 4.90 Å². The second kappa shape index (κ2) is 7.05. The molecule has 3 aromatic rings. The molecule has 1 amide bonds. The van der Waals surface area contributed by atoms with Crippen molar-refractivity contribution in [1.82, 2.24) is 20.1 Å². The molecule has 2 heterocycles. The topological polar surface area (TPSA) is 61.9 Å². The van der Waals surface area contributed by atoms with Crippen molar-refractivity contribution >= 4 is 16.8 Å². The van der Waals surface area contributed by atoms with Gasteiger partial charge in [-0.3, -0.25) is 14.9 Å². The summed E-state index contributed by atoms with van der Waals surface area (Å²) >= 11 is 0. The van der Waals surface area contributed by atoms with E-state index < -0.39 is 0 Å². The number of benzene rings is 1. The Morgan fingerprint density at radius 1 is 1.24 bits per heavy atom. The number of hydrogen-bond acceptors (Lipinski definition) is 3. The summed E-state index contributed by atoms with van der Waals surface area (Å²) in [7, 11) is 1.82. The van der Waals surface area contributed by atoms with Crippen molar-refractivity contribution in [3.8, 4) is 0 Å². The number of hydrogen-bond donors (Lipinski definition) is 1. The highest BCUT2D eigenvalue weighted by Crippen LogP contribution is 2.23. The number of para-hydroxylation sites is 1. The third-order valence-electron chi connectivity index (χ3n) is 4.34. The Kier molecular flexibility index (Phi) is 4.83. The Morgan fingerprint density at radius 3 is 2.80 bits per heavy atom. The van der Waals surface area contributed by atoms with Crippen molar-refractivity contribution in [1.29, 1.82) is 0 Å². The monoisotopic (exact) mass is 336 g/mol. The summed E-state index contributed by atoms with van der Waals surface area (Å²) in [4.78, 5) is 19.3. The Hall–Kier alpha value is -2.69. The Morgan fingerprint density at radius 2 is 2.04 bits per heavy atom. The van der Waals surface area contributed by atoms with Crippen molar-refractivity contribution in [3.05, 3.63) is 58.5 Å². The summed E-state index contributed by atoms with van der Waals surface area (Å²) in [6, 6.07) is 9.86. The van der Waals surface area contributed by atoms with Crippen LogP contribution in [0.3, 0.4) is 0 Å². The molecule has 0 fully saturated rings. The van der Waals surface area contributed by atoms with Crippen LogP contribution < -0.4 is 0 Å². The highest BCUT2D eigenvalue weighted by Gasteiger charge is 2.17. The first-order valence-corrected chi connectivity index (χ1v) is 8.65. The molecule has 0 radical (unpaired) electrons. The zero-order valence-electron chi connectivity index (χ0n) is 15.3. The fraction of sp³-hybridized carbons (Fsp3) is 0.350. The quantitative estimate of drug-likeness (QED) is 0.771. The molecule has 0 aliphatic carbocycles. The second-order valence-corrected chi connectivity index (χ2v) is 6.58. The summed E-state index contributed by atoms with van der Waals surface area (Å²) in [5.74, 6) is -0.00672. The zero-order valence-corrected chi connectivity index (χ0v) is 15.3. The summed E-state index contributed by atoms with van der Waals surface area (Å²) in [5.41, 5.74) is 5.51. The van der Waals surface area contributed by atoms with Crippen LogP contribution >= 0.6 is 0 Å². The maximum Gasteiger partial charge on any atom is 0.254 e. The van der Waals surface area contributed by atoms with Gasteiger partial charge in [0.25, 0.3) is 5.91 Å². The van der Waals surface area contributed by atoms with Gasteiger partial charge >= 0.3 is 0 Å². The van der Waals surface area contributed by atoms with Crippen LogP contribution in [-0.2, 0) is 13.0 Å². The molecule has 130 valence electrons. The molecule has 25 heavy (non-hydrogen) atoms. The van der Waals surface area contributed by atoms with E-state index in [4.69, 9.17) is 0 Å². The van der Waals surface area contributed by atoms with E-state index in [0.717, 1.165) is 46.4 Å². The lowest BCUT2D eigenvalue weighted by Gasteiger charge is -2.18. The molecule has 5 heteroatoms. The largest absolute Gasteiger partial charge is 0.336 e. The Balaban J connectivity index is 1.89.